The first-order chi connectivity index (χ1) is 8.43. The first kappa shape index (κ1) is 14.5. The van der Waals surface area contributed by atoms with Gasteiger partial charge in [-0.2, -0.15) is 13.2 Å². The maximum atomic E-state index is 12.3. The molecule has 1 rings (SSSR count). The van der Waals surface area contributed by atoms with Crippen LogP contribution in [0.3, 0.4) is 0 Å². The Morgan fingerprint density at radius 1 is 1.22 bits per heavy atom. The van der Waals surface area contributed by atoms with Gasteiger partial charge in [0, 0.05) is 13.5 Å². The summed E-state index contributed by atoms with van der Waals surface area (Å²) in [6.07, 6.45) is -2.31. The first-order valence-corrected chi connectivity index (χ1v) is 5.79. The lowest BCUT2D eigenvalue weighted by Gasteiger charge is -2.08. The second kappa shape index (κ2) is 6.42. The van der Waals surface area contributed by atoms with Crippen LogP contribution in [0.15, 0.2) is 29.3 Å². The number of halogens is 3. The van der Waals surface area contributed by atoms with Gasteiger partial charge in [-0.25, -0.2) is 0 Å². The molecule has 0 atom stereocenters. The minimum absolute atomic E-state index is 0.362. The quantitative estimate of drug-likeness (QED) is 0.448. The van der Waals surface area contributed by atoms with E-state index in [4.69, 9.17) is 4.74 Å². The van der Waals surface area contributed by atoms with Crippen molar-refractivity contribution in [1.29, 1.82) is 0 Å². The van der Waals surface area contributed by atoms with Crippen LogP contribution >= 0.6 is 0 Å². The molecule has 0 aliphatic heterocycles. The number of rotatable bonds is 4. The lowest BCUT2D eigenvalue weighted by atomic mass is 10.2. The van der Waals surface area contributed by atoms with Gasteiger partial charge in [0.05, 0.1) is 5.56 Å². The Morgan fingerprint density at radius 3 is 2.33 bits per heavy atom. The number of hydrogen-bond donors (Lipinski definition) is 0. The van der Waals surface area contributed by atoms with E-state index in [0.717, 1.165) is 25.0 Å². The highest BCUT2D eigenvalue weighted by molar-refractivity contribution is 5.75. The van der Waals surface area contributed by atoms with Crippen LogP contribution in [0.1, 0.15) is 32.3 Å². The maximum absolute atomic E-state index is 12.3. The number of hydrogen-bond acceptors (Lipinski definition) is 2. The van der Waals surface area contributed by atoms with Crippen LogP contribution in [0.5, 0.6) is 5.75 Å². The molecular formula is C13H16F3NO. The van der Waals surface area contributed by atoms with E-state index in [-0.39, 0.29) is 0 Å². The van der Waals surface area contributed by atoms with Crippen LogP contribution in [0.2, 0.25) is 0 Å². The molecule has 100 valence electrons. The average molecular weight is 259 g/mol. The molecule has 0 fully saturated rings. The van der Waals surface area contributed by atoms with Gasteiger partial charge in [-0.3, -0.25) is 4.99 Å². The molecule has 18 heavy (non-hydrogen) atoms. The molecule has 0 heterocycles. The van der Waals surface area contributed by atoms with E-state index < -0.39 is 11.7 Å². The van der Waals surface area contributed by atoms with Gasteiger partial charge in [-0.15, -0.1) is 0 Å². The number of ether oxygens (including phenoxy) is 1. The summed E-state index contributed by atoms with van der Waals surface area (Å²) < 4.78 is 42.3. The molecule has 0 aliphatic carbocycles. The lowest BCUT2D eigenvalue weighted by Crippen LogP contribution is -2.06. The molecule has 1 aromatic rings. The molecule has 0 unspecified atom stereocenters. The third kappa shape index (κ3) is 4.77. The van der Waals surface area contributed by atoms with Crippen LogP contribution in [0, 0.1) is 0 Å². The summed E-state index contributed by atoms with van der Waals surface area (Å²) in [7, 11) is 0. The minimum atomic E-state index is -4.32. The Bertz CT molecular complexity index is 396. The molecule has 0 saturated carbocycles. The van der Waals surface area contributed by atoms with Gasteiger partial charge in [0.25, 0.3) is 0 Å². The third-order valence-corrected chi connectivity index (χ3v) is 2.29. The highest BCUT2D eigenvalue weighted by Gasteiger charge is 2.30. The van der Waals surface area contributed by atoms with Gasteiger partial charge in [-0.05, 0) is 30.7 Å². The van der Waals surface area contributed by atoms with Gasteiger partial charge in [0.1, 0.15) is 5.75 Å². The summed E-state index contributed by atoms with van der Waals surface area (Å²) in [5, 5.41) is 0. The van der Waals surface area contributed by atoms with Gasteiger partial charge in [0.15, 0.2) is 5.90 Å². The Morgan fingerprint density at radius 2 is 1.83 bits per heavy atom. The second-order valence-corrected chi connectivity index (χ2v) is 3.88. The molecule has 0 bridgehead atoms. The molecule has 0 N–H and O–H groups in total. The van der Waals surface area contributed by atoms with E-state index in [9.17, 15) is 13.2 Å². The van der Waals surface area contributed by atoms with Crippen molar-refractivity contribution in [3.63, 3.8) is 0 Å². The van der Waals surface area contributed by atoms with Crippen LogP contribution < -0.4 is 4.74 Å². The molecular weight excluding hydrogens is 243 g/mol. The highest BCUT2D eigenvalue weighted by atomic mass is 19.4. The Kier molecular flexibility index (Phi) is 5.19. The van der Waals surface area contributed by atoms with E-state index >= 15 is 0 Å². The van der Waals surface area contributed by atoms with Gasteiger partial charge in [0.2, 0.25) is 0 Å². The van der Waals surface area contributed by atoms with Crippen LogP contribution in [0.4, 0.5) is 13.2 Å². The van der Waals surface area contributed by atoms with Crippen LogP contribution in [-0.2, 0) is 6.18 Å². The summed E-state index contributed by atoms with van der Waals surface area (Å²) in [6, 6.07) is 4.58. The predicted molar refractivity (Wildman–Crippen MR) is 65.0 cm³/mol. The summed E-state index contributed by atoms with van der Waals surface area (Å²) >= 11 is 0. The van der Waals surface area contributed by atoms with Gasteiger partial charge >= 0.3 is 6.18 Å². The van der Waals surface area contributed by atoms with E-state index in [1.54, 1.807) is 6.92 Å². The Balaban J connectivity index is 2.61. The van der Waals surface area contributed by atoms with Gasteiger partial charge in [-0.1, -0.05) is 13.3 Å². The van der Waals surface area contributed by atoms with Crippen molar-refractivity contribution >= 4 is 5.90 Å². The van der Waals surface area contributed by atoms with E-state index in [0.29, 0.717) is 18.2 Å². The molecule has 0 spiro atoms. The SMILES string of the molecule is CCCCN=C(C)Oc1ccc(C(F)(F)F)cc1. The summed E-state index contributed by atoms with van der Waals surface area (Å²) in [6.45, 7) is 4.41. The van der Waals surface area contributed by atoms with Crippen LogP contribution in [0.25, 0.3) is 0 Å². The van der Waals surface area contributed by atoms with Crippen molar-refractivity contribution in [3.8, 4) is 5.75 Å². The topological polar surface area (TPSA) is 21.6 Å². The lowest BCUT2D eigenvalue weighted by molar-refractivity contribution is -0.137. The summed E-state index contributed by atoms with van der Waals surface area (Å²) in [5.41, 5.74) is -0.685. The number of benzene rings is 1. The summed E-state index contributed by atoms with van der Waals surface area (Å²) in [5.74, 6) is 0.823. The first-order valence-electron chi connectivity index (χ1n) is 5.79. The second-order valence-electron chi connectivity index (χ2n) is 3.88. The number of alkyl halides is 3. The smallest absolute Gasteiger partial charge is 0.416 e. The van der Waals surface area contributed by atoms with Crippen LogP contribution in [-0.4, -0.2) is 12.4 Å². The van der Waals surface area contributed by atoms with E-state index in [1.807, 2.05) is 0 Å². The van der Waals surface area contributed by atoms with Crippen molar-refractivity contribution in [2.75, 3.05) is 6.54 Å². The zero-order valence-electron chi connectivity index (χ0n) is 10.4. The van der Waals surface area contributed by atoms with E-state index in [1.165, 1.54) is 12.1 Å². The third-order valence-electron chi connectivity index (χ3n) is 2.29. The largest absolute Gasteiger partial charge is 0.444 e. The van der Waals surface area contributed by atoms with Crippen molar-refractivity contribution in [3.05, 3.63) is 29.8 Å². The molecule has 0 aromatic heterocycles. The Labute approximate surface area is 104 Å². The fourth-order valence-corrected chi connectivity index (χ4v) is 1.31. The normalized spacial score (nSPS) is 12.6. The Hall–Kier alpha value is -1.52. The fourth-order valence-electron chi connectivity index (χ4n) is 1.31. The van der Waals surface area contributed by atoms with Gasteiger partial charge < -0.3 is 4.74 Å². The zero-order valence-corrected chi connectivity index (χ0v) is 10.4. The molecule has 0 radical (unpaired) electrons. The molecule has 0 saturated heterocycles. The minimum Gasteiger partial charge on any atom is -0.444 e. The van der Waals surface area contributed by atoms with Crippen molar-refractivity contribution in [1.82, 2.24) is 0 Å². The molecule has 5 heteroatoms. The summed E-state index contributed by atoms with van der Waals surface area (Å²) in [4.78, 5) is 4.15. The highest BCUT2D eigenvalue weighted by Crippen LogP contribution is 2.30. The zero-order chi connectivity index (χ0) is 13.6. The molecule has 0 aliphatic rings. The fraction of sp³-hybridized carbons (Fsp3) is 0.462. The average Bonchev–Trinajstić information content (AvgIpc) is 2.29. The maximum Gasteiger partial charge on any atom is 0.416 e. The monoisotopic (exact) mass is 259 g/mol. The molecule has 1 aromatic carbocycles. The van der Waals surface area contributed by atoms with Crippen molar-refractivity contribution < 1.29 is 17.9 Å². The predicted octanol–water partition coefficient (Wildman–Crippen LogP) is 4.30. The standard InChI is InChI=1S/C13H16F3NO/c1-3-4-9-17-10(2)18-12-7-5-11(6-8-12)13(14,15)16/h5-8H,3-4,9H2,1-2H3. The molecule has 0 amide bonds. The van der Waals surface area contributed by atoms with Crippen molar-refractivity contribution in [2.24, 2.45) is 4.99 Å². The molecule has 2 nitrogen and oxygen atoms in total. The number of unbranched alkanes of at least 4 members (excludes halogenated alkanes) is 1. The van der Waals surface area contributed by atoms with Crippen molar-refractivity contribution in [2.45, 2.75) is 32.9 Å². The number of aliphatic imine (C=N–C) groups is 1. The van der Waals surface area contributed by atoms with E-state index in [2.05, 4.69) is 11.9 Å². The number of nitrogens with zero attached hydrogens (tertiary/aromatic N) is 1.